The summed E-state index contributed by atoms with van der Waals surface area (Å²) < 4.78 is 1.31. The number of hydrogen-bond acceptors (Lipinski definition) is 0. The van der Waals surface area contributed by atoms with Gasteiger partial charge in [0.05, 0.1) is 25.7 Å². The Morgan fingerprint density at radius 2 is 1.54 bits per heavy atom. The van der Waals surface area contributed by atoms with Crippen LogP contribution >= 0.6 is 0 Å². The van der Waals surface area contributed by atoms with Crippen molar-refractivity contribution >= 4 is 0 Å². The van der Waals surface area contributed by atoms with E-state index in [1.165, 1.54) is 30.3 Å². The van der Waals surface area contributed by atoms with E-state index in [-0.39, 0.29) is 0 Å². The van der Waals surface area contributed by atoms with Crippen molar-refractivity contribution in [1.29, 1.82) is 0 Å². The van der Waals surface area contributed by atoms with Crippen molar-refractivity contribution in [3.63, 3.8) is 0 Å². The van der Waals surface area contributed by atoms with Gasteiger partial charge in [0.2, 0.25) is 0 Å². The first-order chi connectivity index (χ1) is 6.00. The lowest BCUT2D eigenvalue weighted by Crippen LogP contribution is -2.60. The Bertz CT molecular complexity index is 153. The average Bonchev–Trinajstić information content (AvgIpc) is 2.01. The van der Waals surface area contributed by atoms with Crippen molar-refractivity contribution in [1.82, 2.24) is 0 Å². The molecule has 1 rings (SSSR count). The van der Waals surface area contributed by atoms with E-state index in [0.29, 0.717) is 0 Å². The predicted octanol–water partition coefficient (Wildman–Crippen LogP) is 3.05. The van der Waals surface area contributed by atoms with E-state index in [0.717, 1.165) is 18.0 Å². The molecule has 1 saturated heterocycles. The van der Waals surface area contributed by atoms with E-state index in [9.17, 15) is 0 Å². The maximum atomic E-state index is 2.45. The van der Waals surface area contributed by atoms with Crippen molar-refractivity contribution in [2.24, 2.45) is 5.92 Å². The minimum absolute atomic E-state index is 0.860. The standard InChI is InChI=1S/C12H26N/c1-6-7-13(5)11(3)8-10(2)9-12(13)4/h10-12H,6-9H2,1-5H3/q+1. The zero-order valence-electron chi connectivity index (χ0n) is 10.0. The van der Waals surface area contributed by atoms with E-state index in [2.05, 4.69) is 34.7 Å². The highest BCUT2D eigenvalue weighted by Crippen LogP contribution is 2.32. The van der Waals surface area contributed by atoms with Gasteiger partial charge in [-0.3, -0.25) is 0 Å². The average molecular weight is 184 g/mol. The second-order valence-corrected chi connectivity index (χ2v) is 5.35. The lowest BCUT2D eigenvalue weighted by molar-refractivity contribution is -0.959. The molecular formula is C12H26N+. The van der Waals surface area contributed by atoms with E-state index in [1.807, 2.05) is 0 Å². The molecule has 0 aromatic carbocycles. The van der Waals surface area contributed by atoms with Crippen molar-refractivity contribution < 1.29 is 4.48 Å². The molecular weight excluding hydrogens is 158 g/mol. The third-order valence-electron chi connectivity index (χ3n) is 4.21. The maximum Gasteiger partial charge on any atom is 0.0864 e. The van der Waals surface area contributed by atoms with Gasteiger partial charge in [0.1, 0.15) is 0 Å². The largest absolute Gasteiger partial charge is 0.322 e. The van der Waals surface area contributed by atoms with E-state index in [4.69, 9.17) is 0 Å². The lowest BCUT2D eigenvalue weighted by Gasteiger charge is -2.50. The van der Waals surface area contributed by atoms with Gasteiger partial charge in [-0.2, -0.15) is 0 Å². The van der Waals surface area contributed by atoms with Crippen LogP contribution in [0, 0.1) is 5.92 Å². The molecule has 1 aliphatic rings. The fourth-order valence-electron chi connectivity index (χ4n) is 3.10. The summed E-state index contributed by atoms with van der Waals surface area (Å²) in [6.07, 6.45) is 4.15. The van der Waals surface area contributed by atoms with Crippen LogP contribution in [0.4, 0.5) is 0 Å². The van der Waals surface area contributed by atoms with Crippen molar-refractivity contribution in [2.75, 3.05) is 13.6 Å². The van der Waals surface area contributed by atoms with E-state index < -0.39 is 0 Å². The third kappa shape index (κ3) is 2.07. The second kappa shape index (κ2) is 4.00. The van der Waals surface area contributed by atoms with Crippen molar-refractivity contribution in [3.05, 3.63) is 0 Å². The molecule has 0 spiro atoms. The van der Waals surface area contributed by atoms with Crippen LogP contribution in [0.25, 0.3) is 0 Å². The summed E-state index contributed by atoms with van der Waals surface area (Å²) in [6.45, 7) is 10.9. The van der Waals surface area contributed by atoms with Crippen molar-refractivity contribution in [3.8, 4) is 0 Å². The van der Waals surface area contributed by atoms with Gasteiger partial charge >= 0.3 is 0 Å². The summed E-state index contributed by atoms with van der Waals surface area (Å²) in [5, 5.41) is 0. The van der Waals surface area contributed by atoms with Crippen LogP contribution in [0.15, 0.2) is 0 Å². The fraction of sp³-hybridized carbons (Fsp3) is 1.00. The molecule has 1 nitrogen and oxygen atoms in total. The first-order valence-electron chi connectivity index (χ1n) is 5.85. The van der Waals surface area contributed by atoms with E-state index in [1.54, 1.807) is 0 Å². The van der Waals surface area contributed by atoms with Crippen LogP contribution in [-0.4, -0.2) is 30.2 Å². The molecule has 0 bridgehead atoms. The molecule has 78 valence electrons. The molecule has 0 aromatic heterocycles. The minimum Gasteiger partial charge on any atom is -0.322 e. The normalized spacial score (nSPS) is 46.4. The topological polar surface area (TPSA) is 0 Å². The molecule has 1 fully saturated rings. The summed E-state index contributed by atoms with van der Waals surface area (Å²) in [5.74, 6) is 0.938. The summed E-state index contributed by atoms with van der Waals surface area (Å²) in [5.41, 5.74) is 0. The van der Waals surface area contributed by atoms with Gasteiger partial charge in [-0.1, -0.05) is 13.8 Å². The van der Waals surface area contributed by atoms with Gasteiger partial charge in [0.25, 0.3) is 0 Å². The van der Waals surface area contributed by atoms with Gasteiger partial charge < -0.3 is 4.48 Å². The number of rotatable bonds is 2. The smallest absolute Gasteiger partial charge is 0.0864 e. The van der Waals surface area contributed by atoms with Crippen LogP contribution in [0.2, 0.25) is 0 Å². The van der Waals surface area contributed by atoms with Crippen LogP contribution in [-0.2, 0) is 0 Å². The number of hydrogen-bond donors (Lipinski definition) is 0. The number of likely N-dealkylation sites (tertiary alicyclic amines) is 1. The van der Waals surface area contributed by atoms with E-state index >= 15 is 0 Å². The maximum absolute atomic E-state index is 2.45. The highest BCUT2D eigenvalue weighted by Gasteiger charge is 2.39. The lowest BCUT2D eigenvalue weighted by atomic mass is 9.86. The Hall–Kier alpha value is -0.0400. The number of nitrogens with zero attached hydrogens (tertiary/aromatic N) is 1. The SMILES string of the molecule is CCC[N+]1(C)C(C)CC(C)CC1C. The van der Waals surface area contributed by atoms with Crippen LogP contribution < -0.4 is 0 Å². The zero-order valence-corrected chi connectivity index (χ0v) is 10.0. The number of quaternary nitrogens is 1. The monoisotopic (exact) mass is 184 g/mol. The summed E-state index contributed by atoms with van der Waals surface area (Å²) in [7, 11) is 2.45. The molecule has 0 radical (unpaired) electrons. The molecule has 0 aromatic rings. The summed E-state index contributed by atoms with van der Waals surface area (Å²) in [6, 6.07) is 1.72. The van der Waals surface area contributed by atoms with Crippen LogP contribution in [0.3, 0.4) is 0 Å². The predicted molar refractivity (Wildman–Crippen MR) is 58.7 cm³/mol. The van der Waals surface area contributed by atoms with Gasteiger partial charge in [-0.15, -0.1) is 0 Å². The van der Waals surface area contributed by atoms with Crippen LogP contribution in [0.1, 0.15) is 47.0 Å². The summed E-state index contributed by atoms with van der Waals surface area (Å²) >= 11 is 0. The molecule has 0 N–H and O–H groups in total. The first kappa shape index (κ1) is 11.0. The van der Waals surface area contributed by atoms with Crippen molar-refractivity contribution in [2.45, 2.75) is 59.0 Å². The van der Waals surface area contributed by atoms with Crippen LogP contribution in [0.5, 0.6) is 0 Å². The van der Waals surface area contributed by atoms with Gasteiger partial charge in [-0.25, -0.2) is 0 Å². The zero-order chi connectivity index (χ0) is 10.1. The Balaban J connectivity index is 2.70. The van der Waals surface area contributed by atoms with Gasteiger partial charge in [0.15, 0.2) is 0 Å². The molecule has 13 heavy (non-hydrogen) atoms. The summed E-state index contributed by atoms with van der Waals surface area (Å²) in [4.78, 5) is 0. The highest BCUT2D eigenvalue weighted by atomic mass is 15.4. The molecule has 2 atom stereocenters. The first-order valence-corrected chi connectivity index (χ1v) is 5.85. The number of piperidine rings is 1. The molecule has 1 heterocycles. The third-order valence-corrected chi connectivity index (χ3v) is 4.21. The molecule has 2 unspecified atom stereocenters. The Kier molecular flexibility index (Phi) is 3.39. The quantitative estimate of drug-likeness (QED) is 0.579. The van der Waals surface area contributed by atoms with Gasteiger partial charge in [0, 0.05) is 12.8 Å². The molecule has 1 aliphatic heterocycles. The molecule has 0 saturated carbocycles. The Morgan fingerprint density at radius 3 is 1.92 bits per heavy atom. The molecule has 0 amide bonds. The molecule has 0 aliphatic carbocycles. The van der Waals surface area contributed by atoms with Gasteiger partial charge in [-0.05, 0) is 26.2 Å². The Labute approximate surface area is 83.7 Å². The highest BCUT2D eigenvalue weighted by molar-refractivity contribution is 4.72. The Morgan fingerprint density at radius 1 is 1.08 bits per heavy atom. The fourth-order valence-corrected chi connectivity index (χ4v) is 3.10. The second-order valence-electron chi connectivity index (χ2n) is 5.35. The minimum atomic E-state index is 0.860. The molecule has 1 heteroatoms.